The van der Waals surface area contributed by atoms with Gasteiger partial charge in [0.05, 0.1) is 17.6 Å². The summed E-state index contributed by atoms with van der Waals surface area (Å²) in [5.74, 6) is 1.65. The molecule has 3 aromatic rings. The van der Waals surface area contributed by atoms with Crippen LogP contribution in [-0.2, 0) is 6.54 Å². The van der Waals surface area contributed by atoms with E-state index in [1.165, 1.54) is 5.56 Å². The van der Waals surface area contributed by atoms with E-state index in [1.807, 2.05) is 24.3 Å². The molecule has 1 aromatic heterocycles. The van der Waals surface area contributed by atoms with Gasteiger partial charge in [-0.25, -0.2) is 4.98 Å². The molecule has 0 saturated carbocycles. The molecule has 1 atom stereocenters. The monoisotopic (exact) mass is 338 g/mol. The Balaban J connectivity index is 1.82. The van der Waals surface area contributed by atoms with Crippen molar-refractivity contribution in [2.24, 2.45) is 0 Å². The lowest BCUT2D eigenvalue weighted by Gasteiger charge is -2.15. The van der Waals surface area contributed by atoms with E-state index < -0.39 is 6.10 Å². The minimum Gasteiger partial charge on any atom is -0.491 e. The zero-order chi connectivity index (χ0) is 17.8. The number of rotatable bonds is 7. The van der Waals surface area contributed by atoms with Crippen LogP contribution in [0.25, 0.3) is 11.0 Å². The standard InChI is InChI=1S/C21H26N2O2/c1-4-7-19(24)21-22-17-8-5-6-9-18(17)23(21)12-13-25-20-14-15(2)10-11-16(20)3/h5-6,8-11,14,19,24H,4,7,12-13H2,1-3H3/t19-/m0/s1. The van der Waals surface area contributed by atoms with E-state index in [0.717, 1.165) is 34.6 Å². The average Bonchev–Trinajstić information content (AvgIpc) is 2.97. The molecule has 0 fully saturated rings. The van der Waals surface area contributed by atoms with Gasteiger partial charge in [0.25, 0.3) is 0 Å². The van der Waals surface area contributed by atoms with Gasteiger partial charge in [0.1, 0.15) is 24.3 Å². The van der Waals surface area contributed by atoms with Crippen LogP contribution in [0.4, 0.5) is 0 Å². The van der Waals surface area contributed by atoms with Crippen molar-refractivity contribution >= 4 is 11.0 Å². The van der Waals surface area contributed by atoms with Crippen LogP contribution in [0, 0.1) is 13.8 Å². The van der Waals surface area contributed by atoms with Crippen molar-refractivity contribution in [2.45, 2.75) is 46.3 Å². The summed E-state index contributed by atoms with van der Waals surface area (Å²) in [5, 5.41) is 10.5. The van der Waals surface area contributed by atoms with Crippen molar-refractivity contribution in [3.8, 4) is 5.75 Å². The molecule has 25 heavy (non-hydrogen) atoms. The molecule has 1 heterocycles. The Morgan fingerprint density at radius 2 is 1.96 bits per heavy atom. The predicted octanol–water partition coefficient (Wildman–Crippen LogP) is 4.57. The second-order valence-corrected chi connectivity index (χ2v) is 6.53. The molecule has 132 valence electrons. The second kappa shape index (κ2) is 7.70. The minimum absolute atomic E-state index is 0.538. The third-order valence-electron chi connectivity index (χ3n) is 4.46. The molecular weight excluding hydrogens is 312 g/mol. The largest absolute Gasteiger partial charge is 0.491 e. The number of aliphatic hydroxyl groups is 1. The number of benzene rings is 2. The second-order valence-electron chi connectivity index (χ2n) is 6.53. The van der Waals surface area contributed by atoms with Crippen LogP contribution in [0.5, 0.6) is 5.75 Å². The van der Waals surface area contributed by atoms with E-state index >= 15 is 0 Å². The summed E-state index contributed by atoms with van der Waals surface area (Å²) < 4.78 is 8.09. The van der Waals surface area contributed by atoms with Gasteiger partial charge in [-0.1, -0.05) is 37.6 Å². The number of aliphatic hydroxyl groups excluding tert-OH is 1. The maximum Gasteiger partial charge on any atom is 0.138 e. The van der Waals surface area contributed by atoms with Crippen LogP contribution >= 0.6 is 0 Å². The first kappa shape index (κ1) is 17.5. The number of para-hydroxylation sites is 2. The van der Waals surface area contributed by atoms with E-state index in [0.29, 0.717) is 19.6 Å². The van der Waals surface area contributed by atoms with Crippen LogP contribution in [0.1, 0.15) is 42.8 Å². The SMILES string of the molecule is CCC[C@H](O)c1nc2ccccc2n1CCOc1cc(C)ccc1C. The summed E-state index contributed by atoms with van der Waals surface area (Å²) in [6.07, 6.45) is 1.09. The quantitative estimate of drug-likeness (QED) is 0.687. The average molecular weight is 338 g/mol. The topological polar surface area (TPSA) is 47.3 Å². The first-order valence-electron chi connectivity index (χ1n) is 8.93. The number of ether oxygens (including phenoxy) is 1. The van der Waals surface area contributed by atoms with Gasteiger partial charge >= 0.3 is 0 Å². The molecule has 2 aromatic carbocycles. The molecule has 0 amide bonds. The number of aryl methyl sites for hydroxylation is 2. The van der Waals surface area contributed by atoms with Crippen molar-refractivity contribution < 1.29 is 9.84 Å². The third kappa shape index (κ3) is 3.85. The van der Waals surface area contributed by atoms with E-state index in [1.54, 1.807) is 0 Å². The molecule has 0 bridgehead atoms. The predicted molar refractivity (Wildman–Crippen MR) is 101 cm³/mol. The summed E-state index contributed by atoms with van der Waals surface area (Å²) in [6.45, 7) is 7.38. The van der Waals surface area contributed by atoms with Gasteiger partial charge in [0, 0.05) is 0 Å². The maximum absolute atomic E-state index is 10.5. The molecule has 0 aliphatic carbocycles. The Morgan fingerprint density at radius 3 is 2.76 bits per heavy atom. The lowest BCUT2D eigenvalue weighted by molar-refractivity contribution is 0.151. The van der Waals surface area contributed by atoms with E-state index in [9.17, 15) is 5.11 Å². The Morgan fingerprint density at radius 1 is 1.16 bits per heavy atom. The molecule has 4 heteroatoms. The lowest BCUT2D eigenvalue weighted by atomic mass is 10.1. The Labute approximate surface area is 149 Å². The summed E-state index contributed by atoms with van der Waals surface area (Å²) in [5.41, 5.74) is 4.27. The van der Waals surface area contributed by atoms with Crippen LogP contribution < -0.4 is 4.74 Å². The highest BCUT2D eigenvalue weighted by Crippen LogP contribution is 2.24. The fourth-order valence-corrected chi connectivity index (χ4v) is 3.10. The smallest absolute Gasteiger partial charge is 0.138 e. The molecule has 0 saturated heterocycles. The van der Waals surface area contributed by atoms with Gasteiger partial charge in [-0.05, 0) is 49.6 Å². The highest BCUT2D eigenvalue weighted by Gasteiger charge is 2.17. The minimum atomic E-state index is -0.543. The van der Waals surface area contributed by atoms with E-state index in [4.69, 9.17) is 4.74 Å². The first-order chi connectivity index (χ1) is 12.1. The molecule has 0 aliphatic rings. The highest BCUT2D eigenvalue weighted by molar-refractivity contribution is 5.76. The van der Waals surface area contributed by atoms with Crippen molar-refractivity contribution in [3.63, 3.8) is 0 Å². The third-order valence-corrected chi connectivity index (χ3v) is 4.46. The molecule has 3 rings (SSSR count). The van der Waals surface area contributed by atoms with Crippen LogP contribution in [0.3, 0.4) is 0 Å². The number of fused-ring (bicyclic) bond motifs is 1. The molecular formula is C21H26N2O2. The van der Waals surface area contributed by atoms with Crippen LogP contribution in [0.2, 0.25) is 0 Å². The number of nitrogens with zero attached hydrogens (tertiary/aromatic N) is 2. The molecule has 0 unspecified atom stereocenters. The van der Waals surface area contributed by atoms with Gasteiger partial charge in [-0.2, -0.15) is 0 Å². The summed E-state index contributed by atoms with van der Waals surface area (Å²) in [4.78, 5) is 4.65. The summed E-state index contributed by atoms with van der Waals surface area (Å²) in [7, 11) is 0. The fraction of sp³-hybridized carbons (Fsp3) is 0.381. The van der Waals surface area contributed by atoms with Gasteiger partial charge in [0.15, 0.2) is 0 Å². The van der Waals surface area contributed by atoms with Crippen LogP contribution in [0.15, 0.2) is 42.5 Å². The molecule has 0 radical (unpaired) electrons. The van der Waals surface area contributed by atoms with Crippen molar-refractivity contribution in [2.75, 3.05) is 6.61 Å². The highest BCUT2D eigenvalue weighted by atomic mass is 16.5. The summed E-state index contributed by atoms with van der Waals surface area (Å²) in [6, 6.07) is 14.2. The van der Waals surface area contributed by atoms with Crippen LogP contribution in [-0.4, -0.2) is 21.3 Å². The zero-order valence-electron chi connectivity index (χ0n) is 15.2. The first-order valence-corrected chi connectivity index (χ1v) is 8.93. The number of hydrogen-bond acceptors (Lipinski definition) is 3. The molecule has 1 N–H and O–H groups in total. The van der Waals surface area contributed by atoms with Gasteiger partial charge in [-0.15, -0.1) is 0 Å². The molecule has 0 aliphatic heterocycles. The number of imidazole rings is 1. The van der Waals surface area contributed by atoms with E-state index in [-0.39, 0.29) is 0 Å². The van der Waals surface area contributed by atoms with Crippen molar-refractivity contribution in [1.82, 2.24) is 9.55 Å². The normalized spacial score (nSPS) is 12.5. The molecule has 4 nitrogen and oxygen atoms in total. The summed E-state index contributed by atoms with van der Waals surface area (Å²) >= 11 is 0. The van der Waals surface area contributed by atoms with Gasteiger partial charge < -0.3 is 14.4 Å². The Bertz CT molecular complexity index is 854. The fourth-order valence-electron chi connectivity index (χ4n) is 3.10. The van der Waals surface area contributed by atoms with E-state index in [2.05, 4.69) is 48.5 Å². The maximum atomic E-state index is 10.5. The molecule has 0 spiro atoms. The Hall–Kier alpha value is -2.33. The van der Waals surface area contributed by atoms with Gasteiger partial charge in [-0.3, -0.25) is 0 Å². The lowest BCUT2D eigenvalue weighted by Crippen LogP contribution is -2.14. The number of hydrogen-bond donors (Lipinski definition) is 1. The van der Waals surface area contributed by atoms with Crippen molar-refractivity contribution in [1.29, 1.82) is 0 Å². The zero-order valence-corrected chi connectivity index (χ0v) is 15.2. The van der Waals surface area contributed by atoms with Gasteiger partial charge in [0.2, 0.25) is 0 Å². The van der Waals surface area contributed by atoms with Crippen molar-refractivity contribution in [3.05, 3.63) is 59.4 Å². The number of aromatic nitrogens is 2. The Kier molecular flexibility index (Phi) is 5.39.